The quantitative estimate of drug-likeness (QED) is 0.709. The number of rotatable bonds is 5. The Kier molecular flexibility index (Phi) is 5.35. The lowest BCUT2D eigenvalue weighted by atomic mass is 10.0. The van der Waals surface area contributed by atoms with E-state index in [1.54, 1.807) is 26.4 Å². The van der Waals surface area contributed by atoms with Crippen molar-refractivity contribution in [1.29, 1.82) is 0 Å². The molecule has 2 aliphatic heterocycles. The van der Waals surface area contributed by atoms with Crippen LogP contribution in [0.1, 0.15) is 5.56 Å². The van der Waals surface area contributed by atoms with Gasteiger partial charge in [-0.3, -0.25) is 14.5 Å². The summed E-state index contributed by atoms with van der Waals surface area (Å²) in [5.74, 6) is 1.01. The number of likely N-dealkylation sites (N-methyl/N-ethyl adjacent to an activating group) is 1. The normalized spacial score (nSPS) is 17.1. The van der Waals surface area contributed by atoms with Crippen LogP contribution in [0.3, 0.4) is 0 Å². The number of nitrogens with zero attached hydrogens (tertiary/aromatic N) is 3. The molecule has 7 heteroatoms. The molecule has 0 saturated carbocycles. The van der Waals surface area contributed by atoms with Crippen molar-refractivity contribution in [2.75, 3.05) is 52.3 Å². The van der Waals surface area contributed by atoms with Crippen molar-refractivity contribution in [2.45, 2.75) is 0 Å². The average molecular weight is 407 g/mol. The van der Waals surface area contributed by atoms with Gasteiger partial charge in [0.2, 0.25) is 0 Å². The minimum Gasteiger partial charge on any atom is -0.497 e. The van der Waals surface area contributed by atoms with Crippen LogP contribution in [0.5, 0.6) is 11.5 Å². The first-order valence-electron chi connectivity index (χ1n) is 9.89. The molecule has 4 rings (SSSR count). The molecule has 1 saturated heterocycles. The molecule has 2 amide bonds. The Balaban J connectivity index is 1.61. The van der Waals surface area contributed by atoms with Gasteiger partial charge in [-0.05, 0) is 29.8 Å². The molecule has 0 aliphatic carbocycles. The van der Waals surface area contributed by atoms with Crippen LogP contribution in [-0.4, -0.2) is 69.1 Å². The van der Waals surface area contributed by atoms with Gasteiger partial charge in [-0.2, -0.15) is 0 Å². The number of imide groups is 1. The van der Waals surface area contributed by atoms with Crippen LogP contribution in [-0.2, 0) is 9.59 Å². The second kappa shape index (κ2) is 8.10. The molecule has 2 heterocycles. The number of para-hydroxylation sites is 2. The molecule has 7 nitrogen and oxygen atoms in total. The predicted octanol–water partition coefficient (Wildman–Crippen LogP) is 2.24. The van der Waals surface area contributed by atoms with E-state index in [4.69, 9.17) is 9.47 Å². The van der Waals surface area contributed by atoms with Gasteiger partial charge in [0.05, 0.1) is 25.5 Å². The smallest absolute Gasteiger partial charge is 0.277 e. The van der Waals surface area contributed by atoms with Crippen molar-refractivity contribution in [3.8, 4) is 11.5 Å². The standard InChI is InChI=1S/C23H25N3O4/c1-24-22(27)20(16-8-10-17(29-2)11-9-16)21(23(24)28)26-14-12-25(13-15-26)18-6-4-5-7-19(18)30-3/h4-11H,12-15H2,1-3H3. The second-order valence-electron chi connectivity index (χ2n) is 7.27. The Morgan fingerprint density at radius 3 is 2.03 bits per heavy atom. The molecule has 2 aromatic carbocycles. The Bertz CT molecular complexity index is 992. The maximum atomic E-state index is 12.9. The lowest BCUT2D eigenvalue weighted by Crippen LogP contribution is -2.47. The van der Waals surface area contributed by atoms with Crippen LogP contribution >= 0.6 is 0 Å². The van der Waals surface area contributed by atoms with Gasteiger partial charge < -0.3 is 19.3 Å². The summed E-state index contributed by atoms with van der Waals surface area (Å²) < 4.78 is 10.7. The maximum Gasteiger partial charge on any atom is 0.277 e. The number of ether oxygens (including phenoxy) is 2. The Morgan fingerprint density at radius 1 is 0.767 bits per heavy atom. The van der Waals surface area contributed by atoms with Gasteiger partial charge in [-0.15, -0.1) is 0 Å². The highest BCUT2D eigenvalue weighted by Gasteiger charge is 2.40. The minimum atomic E-state index is -0.271. The molecule has 0 spiro atoms. The second-order valence-corrected chi connectivity index (χ2v) is 7.27. The summed E-state index contributed by atoms with van der Waals surface area (Å²) in [7, 11) is 4.80. The van der Waals surface area contributed by atoms with Gasteiger partial charge >= 0.3 is 0 Å². The summed E-state index contributed by atoms with van der Waals surface area (Å²) in [5.41, 5.74) is 2.69. The third-order valence-corrected chi connectivity index (χ3v) is 5.66. The van der Waals surface area contributed by atoms with Gasteiger partial charge in [0.1, 0.15) is 17.2 Å². The van der Waals surface area contributed by atoms with Crippen LogP contribution in [0.25, 0.3) is 5.57 Å². The summed E-state index contributed by atoms with van der Waals surface area (Å²) in [6, 6.07) is 15.2. The van der Waals surface area contributed by atoms with E-state index in [0.717, 1.165) is 30.1 Å². The van der Waals surface area contributed by atoms with E-state index < -0.39 is 0 Å². The SMILES string of the molecule is COc1ccc(C2=C(N3CCN(c4ccccc4OC)CC3)C(=O)N(C)C2=O)cc1. The number of anilines is 1. The van der Waals surface area contributed by atoms with Gasteiger partial charge in [0.15, 0.2) is 0 Å². The topological polar surface area (TPSA) is 62.3 Å². The molecule has 0 aromatic heterocycles. The van der Waals surface area contributed by atoms with Gasteiger partial charge in [0, 0.05) is 33.2 Å². The number of hydrogen-bond donors (Lipinski definition) is 0. The summed E-state index contributed by atoms with van der Waals surface area (Å²) in [6.45, 7) is 2.73. The maximum absolute atomic E-state index is 12.9. The average Bonchev–Trinajstić information content (AvgIpc) is 3.03. The lowest BCUT2D eigenvalue weighted by Gasteiger charge is -2.38. The number of amides is 2. The number of piperazine rings is 1. The molecule has 0 bridgehead atoms. The van der Waals surface area contributed by atoms with Gasteiger partial charge in [0.25, 0.3) is 11.8 Å². The first kappa shape index (κ1) is 19.8. The zero-order valence-corrected chi connectivity index (χ0v) is 17.4. The van der Waals surface area contributed by atoms with Crippen molar-refractivity contribution in [3.63, 3.8) is 0 Å². The largest absolute Gasteiger partial charge is 0.497 e. The fourth-order valence-electron chi connectivity index (χ4n) is 4.00. The fourth-order valence-corrected chi connectivity index (χ4v) is 4.00. The van der Waals surface area contributed by atoms with E-state index in [2.05, 4.69) is 4.90 Å². The van der Waals surface area contributed by atoms with Crippen molar-refractivity contribution < 1.29 is 19.1 Å². The molecule has 0 radical (unpaired) electrons. The summed E-state index contributed by atoms with van der Waals surface area (Å²) in [5, 5.41) is 0. The molecule has 2 aliphatic rings. The zero-order valence-electron chi connectivity index (χ0n) is 17.4. The number of carbonyl (C=O) groups excluding carboxylic acids is 2. The number of hydrogen-bond acceptors (Lipinski definition) is 6. The van der Waals surface area contributed by atoms with E-state index in [-0.39, 0.29) is 11.8 Å². The number of methoxy groups -OCH3 is 2. The number of benzene rings is 2. The number of carbonyl (C=O) groups is 2. The summed E-state index contributed by atoms with van der Waals surface area (Å²) in [6.07, 6.45) is 0. The molecule has 0 unspecified atom stereocenters. The van der Waals surface area contributed by atoms with E-state index in [0.29, 0.717) is 30.1 Å². The van der Waals surface area contributed by atoms with Gasteiger partial charge in [-0.1, -0.05) is 24.3 Å². The monoisotopic (exact) mass is 407 g/mol. The zero-order chi connectivity index (χ0) is 21.3. The van der Waals surface area contributed by atoms with E-state index in [9.17, 15) is 9.59 Å². The van der Waals surface area contributed by atoms with Crippen LogP contribution in [0.2, 0.25) is 0 Å². The lowest BCUT2D eigenvalue weighted by molar-refractivity contribution is -0.135. The van der Waals surface area contributed by atoms with Crippen LogP contribution in [0.15, 0.2) is 54.2 Å². The van der Waals surface area contributed by atoms with Gasteiger partial charge in [-0.25, -0.2) is 0 Å². The van der Waals surface area contributed by atoms with E-state index >= 15 is 0 Å². The molecule has 0 N–H and O–H groups in total. The first-order chi connectivity index (χ1) is 14.5. The van der Waals surface area contributed by atoms with Crippen LogP contribution < -0.4 is 14.4 Å². The third-order valence-electron chi connectivity index (χ3n) is 5.66. The molecular weight excluding hydrogens is 382 g/mol. The van der Waals surface area contributed by atoms with E-state index in [1.165, 1.54) is 11.9 Å². The Morgan fingerprint density at radius 2 is 1.40 bits per heavy atom. The minimum absolute atomic E-state index is 0.253. The third kappa shape index (κ3) is 3.36. The highest BCUT2D eigenvalue weighted by atomic mass is 16.5. The highest BCUT2D eigenvalue weighted by molar-refractivity contribution is 6.35. The molecular formula is C23H25N3O4. The van der Waals surface area contributed by atoms with Crippen molar-refractivity contribution >= 4 is 23.1 Å². The summed E-state index contributed by atoms with van der Waals surface area (Å²) >= 11 is 0. The van der Waals surface area contributed by atoms with Crippen LogP contribution in [0.4, 0.5) is 5.69 Å². The Labute approximate surface area is 176 Å². The molecule has 0 atom stereocenters. The predicted molar refractivity (Wildman–Crippen MR) is 114 cm³/mol. The van der Waals surface area contributed by atoms with Crippen molar-refractivity contribution in [2.24, 2.45) is 0 Å². The summed E-state index contributed by atoms with van der Waals surface area (Å²) in [4.78, 5) is 31.2. The Hall–Kier alpha value is -3.48. The fraction of sp³-hybridized carbons (Fsp3) is 0.304. The van der Waals surface area contributed by atoms with E-state index in [1.807, 2.05) is 41.3 Å². The molecule has 1 fully saturated rings. The van der Waals surface area contributed by atoms with Crippen molar-refractivity contribution in [3.05, 3.63) is 59.8 Å². The first-order valence-corrected chi connectivity index (χ1v) is 9.89. The van der Waals surface area contributed by atoms with Crippen LogP contribution in [0, 0.1) is 0 Å². The van der Waals surface area contributed by atoms with Crippen molar-refractivity contribution in [1.82, 2.24) is 9.80 Å². The highest BCUT2D eigenvalue weighted by Crippen LogP contribution is 2.34. The molecule has 30 heavy (non-hydrogen) atoms. The molecule has 156 valence electrons. The molecule has 2 aromatic rings.